The number of aryl methyl sites for hydroxylation is 2. The first-order chi connectivity index (χ1) is 13.7. The van der Waals surface area contributed by atoms with Crippen molar-refractivity contribution in [3.63, 3.8) is 0 Å². The van der Waals surface area contributed by atoms with Gasteiger partial charge in [0.25, 0.3) is 0 Å². The van der Waals surface area contributed by atoms with Crippen molar-refractivity contribution >= 4 is 11.8 Å². The lowest BCUT2D eigenvalue weighted by molar-refractivity contribution is 0.414. The van der Waals surface area contributed by atoms with Crippen molar-refractivity contribution in [3.8, 4) is 5.75 Å². The number of ether oxygens (including phenoxy) is 1. The van der Waals surface area contributed by atoms with Gasteiger partial charge in [-0.05, 0) is 49.4 Å². The average molecular weight is 377 g/mol. The minimum absolute atomic E-state index is 0.661. The van der Waals surface area contributed by atoms with Crippen molar-refractivity contribution in [2.24, 2.45) is 0 Å². The summed E-state index contributed by atoms with van der Waals surface area (Å²) in [6, 6.07) is 20.6. The van der Waals surface area contributed by atoms with E-state index in [9.17, 15) is 0 Å². The highest BCUT2D eigenvalue weighted by Gasteiger charge is 2.03. The minimum Gasteiger partial charge on any atom is -0.497 e. The van der Waals surface area contributed by atoms with Gasteiger partial charge in [-0.2, -0.15) is 4.98 Å². The summed E-state index contributed by atoms with van der Waals surface area (Å²) in [6.07, 6.45) is 3.00. The molecule has 0 unspecified atom stereocenters. The van der Waals surface area contributed by atoms with Crippen molar-refractivity contribution in [2.75, 3.05) is 30.8 Å². The van der Waals surface area contributed by atoms with Crippen LogP contribution in [-0.2, 0) is 12.8 Å². The Labute approximate surface area is 167 Å². The van der Waals surface area contributed by atoms with Crippen molar-refractivity contribution in [1.29, 1.82) is 0 Å². The zero-order valence-electron chi connectivity index (χ0n) is 16.6. The van der Waals surface area contributed by atoms with E-state index < -0.39 is 0 Å². The molecule has 0 saturated carbocycles. The van der Waals surface area contributed by atoms with Gasteiger partial charge in [0.2, 0.25) is 5.95 Å². The number of benzene rings is 2. The Hall–Kier alpha value is -3.08. The minimum atomic E-state index is 0.661. The predicted molar refractivity (Wildman–Crippen MR) is 115 cm³/mol. The van der Waals surface area contributed by atoms with Gasteiger partial charge >= 0.3 is 0 Å². The van der Waals surface area contributed by atoms with Crippen LogP contribution in [0.2, 0.25) is 0 Å². The summed E-state index contributed by atoms with van der Waals surface area (Å²) < 4.78 is 5.27. The molecule has 0 spiro atoms. The van der Waals surface area contributed by atoms with Crippen LogP contribution in [0.5, 0.6) is 5.75 Å². The summed E-state index contributed by atoms with van der Waals surface area (Å²) in [5.41, 5.74) is 3.53. The maximum absolute atomic E-state index is 5.27. The van der Waals surface area contributed by atoms with Crippen molar-refractivity contribution in [3.05, 3.63) is 77.5 Å². The molecule has 0 aliphatic rings. The fourth-order valence-corrected chi connectivity index (χ4v) is 3.04. The second-order valence-corrected chi connectivity index (χ2v) is 6.76. The van der Waals surface area contributed by atoms with Crippen LogP contribution < -0.4 is 15.4 Å². The van der Waals surface area contributed by atoms with E-state index in [4.69, 9.17) is 4.74 Å². The molecule has 28 heavy (non-hydrogen) atoms. The van der Waals surface area contributed by atoms with Gasteiger partial charge in [0.15, 0.2) is 0 Å². The molecule has 1 heterocycles. The summed E-state index contributed by atoms with van der Waals surface area (Å²) in [5, 5.41) is 6.74. The molecule has 0 atom stereocenters. The second-order valence-electron chi connectivity index (χ2n) is 6.76. The molecule has 3 rings (SSSR count). The van der Waals surface area contributed by atoms with E-state index in [1.54, 1.807) is 7.11 Å². The highest BCUT2D eigenvalue weighted by molar-refractivity contribution is 5.42. The molecule has 0 fully saturated rings. The highest BCUT2D eigenvalue weighted by atomic mass is 16.5. The topological polar surface area (TPSA) is 59.1 Å². The van der Waals surface area contributed by atoms with Crippen LogP contribution in [-0.4, -0.2) is 30.2 Å². The number of hydrogen-bond acceptors (Lipinski definition) is 5. The Morgan fingerprint density at radius 1 is 0.821 bits per heavy atom. The third kappa shape index (κ3) is 6.27. The van der Waals surface area contributed by atoms with Crippen LogP contribution in [0.1, 0.15) is 23.2 Å². The molecule has 0 bridgehead atoms. The fraction of sp³-hybridized carbons (Fsp3) is 0.304. The molecule has 1 aromatic heterocycles. The smallest absolute Gasteiger partial charge is 0.224 e. The summed E-state index contributed by atoms with van der Waals surface area (Å²) in [5.74, 6) is 2.41. The van der Waals surface area contributed by atoms with E-state index in [0.29, 0.717) is 5.95 Å². The van der Waals surface area contributed by atoms with Gasteiger partial charge in [0.05, 0.1) is 7.11 Å². The molecule has 0 aliphatic heterocycles. The normalized spacial score (nSPS) is 10.5. The lowest BCUT2D eigenvalue weighted by Crippen LogP contribution is -2.11. The van der Waals surface area contributed by atoms with E-state index in [0.717, 1.165) is 49.6 Å². The van der Waals surface area contributed by atoms with E-state index in [1.807, 2.05) is 31.2 Å². The maximum Gasteiger partial charge on any atom is 0.224 e. The number of anilines is 2. The Balaban J connectivity index is 1.47. The van der Waals surface area contributed by atoms with E-state index in [-0.39, 0.29) is 0 Å². The zero-order valence-corrected chi connectivity index (χ0v) is 16.6. The zero-order chi connectivity index (χ0) is 19.6. The van der Waals surface area contributed by atoms with Crippen molar-refractivity contribution < 1.29 is 4.74 Å². The molecule has 2 N–H and O–H groups in total. The summed E-state index contributed by atoms with van der Waals surface area (Å²) in [6.45, 7) is 3.64. The number of aromatic nitrogens is 2. The van der Waals surface area contributed by atoms with Crippen molar-refractivity contribution in [2.45, 2.75) is 26.2 Å². The summed E-state index contributed by atoms with van der Waals surface area (Å²) >= 11 is 0. The Kier molecular flexibility index (Phi) is 7.24. The van der Waals surface area contributed by atoms with E-state index in [1.165, 1.54) is 11.1 Å². The Morgan fingerprint density at radius 3 is 2.46 bits per heavy atom. The predicted octanol–water partition coefficient (Wildman–Crippen LogP) is 4.49. The van der Waals surface area contributed by atoms with E-state index >= 15 is 0 Å². The summed E-state index contributed by atoms with van der Waals surface area (Å²) in [7, 11) is 1.69. The Morgan fingerprint density at radius 2 is 1.64 bits per heavy atom. The van der Waals surface area contributed by atoms with E-state index in [2.05, 4.69) is 57.0 Å². The number of rotatable bonds is 10. The molecule has 3 aromatic rings. The van der Waals surface area contributed by atoms with Gasteiger partial charge < -0.3 is 15.4 Å². The molecule has 0 radical (unpaired) electrons. The number of nitrogens with zero attached hydrogens (tertiary/aromatic N) is 2. The first kappa shape index (κ1) is 19.7. The molecule has 146 valence electrons. The molecule has 5 nitrogen and oxygen atoms in total. The van der Waals surface area contributed by atoms with Gasteiger partial charge in [0, 0.05) is 24.8 Å². The third-order valence-corrected chi connectivity index (χ3v) is 4.48. The second kappa shape index (κ2) is 10.3. The van der Waals surface area contributed by atoms with Gasteiger partial charge in [-0.3, -0.25) is 0 Å². The third-order valence-electron chi connectivity index (χ3n) is 4.48. The maximum atomic E-state index is 5.27. The van der Waals surface area contributed by atoms with Crippen LogP contribution in [0.3, 0.4) is 0 Å². The highest BCUT2D eigenvalue weighted by Crippen LogP contribution is 2.14. The number of methoxy groups -OCH3 is 1. The molecule has 5 heteroatoms. The van der Waals surface area contributed by atoms with Gasteiger partial charge in [0.1, 0.15) is 11.6 Å². The van der Waals surface area contributed by atoms with Gasteiger partial charge in [-0.25, -0.2) is 4.98 Å². The Bertz CT molecular complexity index is 867. The van der Waals surface area contributed by atoms with Gasteiger partial charge in [-0.1, -0.05) is 42.5 Å². The van der Waals surface area contributed by atoms with Crippen LogP contribution in [0, 0.1) is 6.92 Å². The molecule has 0 amide bonds. The molecule has 2 aromatic carbocycles. The lowest BCUT2D eigenvalue weighted by Gasteiger charge is -2.10. The SMILES string of the molecule is COc1cccc(CCNc2nc(C)cc(NCCCc3ccccc3)n2)c1. The molecular weight excluding hydrogens is 348 g/mol. The molecule has 0 saturated heterocycles. The van der Waals surface area contributed by atoms with Gasteiger partial charge in [-0.15, -0.1) is 0 Å². The molecular formula is C23H28N4O. The van der Waals surface area contributed by atoms with Crippen LogP contribution in [0.4, 0.5) is 11.8 Å². The van der Waals surface area contributed by atoms with Crippen molar-refractivity contribution in [1.82, 2.24) is 9.97 Å². The average Bonchev–Trinajstić information content (AvgIpc) is 2.72. The fourth-order valence-electron chi connectivity index (χ4n) is 3.04. The standard InChI is InChI=1S/C23H28N4O/c1-18-16-22(24-14-7-11-19-8-4-3-5-9-19)27-23(26-18)25-15-13-20-10-6-12-21(17-20)28-2/h3-6,8-10,12,16-17H,7,11,13-15H2,1-2H3,(H2,24,25,26,27). The monoisotopic (exact) mass is 376 g/mol. The first-order valence-corrected chi connectivity index (χ1v) is 9.73. The molecule has 0 aliphatic carbocycles. The van der Waals surface area contributed by atoms with Crippen LogP contribution >= 0.6 is 0 Å². The lowest BCUT2D eigenvalue weighted by atomic mass is 10.1. The first-order valence-electron chi connectivity index (χ1n) is 9.73. The number of hydrogen-bond donors (Lipinski definition) is 2. The number of nitrogens with one attached hydrogen (secondary N) is 2. The van der Waals surface area contributed by atoms with Crippen LogP contribution in [0.15, 0.2) is 60.7 Å². The van der Waals surface area contributed by atoms with Crippen LogP contribution in [0.25, 0.3) is 0 Å². The summed E-state index contributed by atoms with van der Waals surface area (Å²) in [4.78, 5) is 9.07. The largest absolute Gasteiger partial charge is 0.497 e. The quantitative estimate of drug-likeness (QED) is 0.511.